The van der Waals surface area contributed by atoms with Gasteiger partial charge in [-0.3, -0.25) is 0 Å². The fourth-order valence-electron chi connectivity index (χ4n) is 3.31. The molecule has 1 aliphatic rings. The number of fused-ring (bicyclic) bond motifs is 3. The Hall–Kier alpha value is -1.97. The summed E-state index contributed by atoms with van der Waals surface area (Å²) < 4.78 is 2.40. The molecule has 4 rings (SSSR count). The third-order valence-electron chi connectivity index (χ3n) is 4.29. The molecule has 114 valence electrons. The van der Waals surface area contributed by atoms with E-state index in [-0.39, 0.29) is 12.4 Å². The summed E-state index contributed by atoms with van der Waals surface area (Å²) in [6.07, 6.45) is 1.04. The number of hydrogen-bond acceptors (Lipinski definition) is 2. The number of nitrogens with one attached hydrogen (secondary N) is 1. The van der Waals surface area contributed by atoms with Crippen LogP contribution >= 0.6 is 12.4 Å². The smallest absolute Gasteiger partial charge is 0.116 e. The summed E-state index contributed by atoms with van der Waals surface area (Å²) >= 11 is 0. The maximum absolute atomic E-state index is 9.80. The van der Waals surface area contributed by atoms with Crippen molar-refractivity contribution in [3.63, 3.8) is 0 Å². The van der Waals surface area contributed by atoms with Gasteiger partial charge >= 0.3 is 0 Å². The zero-order valence-corrected chi connectivity index (χ0v) is 13.1. The van der Waals surface area contributed by atoms with Gasteiger partial charge in [-0.25, -0.2) is 0 Å². The Morgan fingerprint density at radius 3 is 2.73 bits per heavy atom. The largest absolute Gasteiger partial charge is 0.508 e. The van der Waals surface area contributed by atoms with Gasteiger partial charge in [0, 0.05) is 42.7 Å². The Kier molecular flexibility index (Phi) is 4.10. The Morgan fingerprint density at radius 1 is 1.09 bits per heavy atom. The van der Waals surface area contributed by atoms with Gasteiger partial charge in [-0.1, -0.05) is 30.3 Å². The predicted molar refractivity (Wildman–Crippen MR) is 91.8 cm³/mol. The van der Waals surface area contributed by atoms with Crippen LogP contribution in [0.2, 0.25) is 0 Å². The van der Waals surface area contributed by atoms with Gasteiger partial charge in [0.1, 0.15) is 5.75 Å². The summed E-state index contributed by atoms with van der Waals surface area (Å²) in [4.78, 5) is 0. The van der Waals surface area contributed by atoms with Gasteiger partial charge in [-0.05, 0) is 29.3 Å². The van der Waals surface area contributed by atoms with E-state index in [0.717, 1.165) is 26.1 Å². The average molecular weight is 315 g/mol. The summed E-state index contributed by atoms with van der Waals surface area (Å²) in [5.74, 6) is 0.340. The summed E-state index contributed by atoms with van der Waals surface area (Å²) in [6.45, 7) is 2.79. The topological polar surface area (TPSA) is 37.2 Å². The van der Waals surface area contributed by atoms with Crippen LogP contribution in [0.25, 0.3) is 10.9 Å². The van der Waals surface area contributed by atoms with Crippen LogP contribution in [0.4, 0.5) is 0 Å². The Balaban J connectivity index is 0.00000144. The lowest BCUT2D eigenvalue weighted by atomic mass is 10.1. The Bertz CT molecular complexity index is 796. The van der Waals surface area contributed by atoms with E-state index in [1.165, 1.54) is 27.7 Å². The molecule has 0 bridgehead atoms. The molecule has 4 heteroatoms. The SMILES string of the molecule is Cl.Oc1ccc2c(c1)c1c(n2Cc2ccccc2)CCNC1. The van der Waals surface area contributed by atoms with Crippen molar-refractivity contribution in [1.29, 1.82) is 0 Å². The molecule has 0 radical (unpaired) electrons. The van der Waals surface area contributed by atoms with Crippen molar-refractivity contribution in [2.24, 2.45) is 0 Å². The first-order chi connectivity index (χ1) is 10.3. The molecule has 0 atom stereocenters. The van der Waals surface area contributed by atoms with Crippen molar-refractivity contribution >= 4 is 23.3 Å². The highest BCUT2D eigenvalue weighted by Gasteiger charge is 2.19. The van der Waals surface area contributed by atoms with Crippen molar-refractivity contribution in [2.45, 2.75) is 19.5 Å². The zero-order chi connectivity index (χ0) is 14.2. The second kappa shape index (κ2) is 6.03. The van der Waals surface area contributed by atoms with Crippen molar-refractivity contribution in [3.05, 3.63) is 65.4 Å². The van der Waals surface area contributed by atoms with Crippen molar-refractivity contribution in [3.8, 4) is 5.75 Å². The second-order valence-corrected chi connectivity index (χ2v) is 5.63. The number of rotatable bonds is 2. The van der Waals surface area contributed by atoms with Gasteiger partial charge in [-0.2, -0.15) is 0 Å². The third-order valence-corrected chi connectivity index (χ3v) is 4.29. The highest BCUT2D eigenvalue weighted by Crippen LogP contribution is 2.31. The molecule has 1 aliphatic heterocycles. The van der Waals surface area contributed by atoms with E-state index >= 15 is 0 Å². The molecule has 0 fully saturated rings. The highest BCUT2D eigenvalue weighted by atomic mass is 35.5. The van der Waals surface area contributed by atoms with Gasteiger partial charge < -0.3 is 15.0 Å². The van der Waals surface area contributed by atoms with Crippen molar-refractivity contribution < 1.29 is 5.11 Å². The fraction of sp³-hybridized carbons (Fsp3) is 0.222. The van der Waals surface area contributed by atoms with Crippen LogP contribution in [0.3, 0.4) is 0 Å². The van der Waals surface area contributed by atoms with Crippen LogP contribution in [0.5, 0.6) is 5.75 Å². The summed E-state index contributed by atoms with van der Waals surface area (Å²) in [7, 11) is 0. The molecule has 0 saturated carbocycles. The minimum Gasteiger partial charge on any atom is -0.508 e. The van der Waals surface area contributed by atoms with Crippen molar-refractivity contribution in [1.82, 2.24) is 9.88 Å². The van der Waals surface area contributed by atoms with E-state index in [1.54, 1.807) is 6.07 Å². The maximum atomic E-state index is 9.80. The molecule has 3 aromatic rings. The Labute approximate surface area is 136 Å². The molecule has 2 N–H and O–H groups in total. The number of hydrogen-bond donors (Lipinski definition) is 2. The number of halogens is 1. The third kappa shape index (κ3) is 2.47. The number of phenols is 1. The molecule has 0 aliphatic carbocycles. The fourth-order valence-corrected chi connectivity index (χ4v) is 3.31. The van der Waals surface area contributed by atoms with Crippen molar-refractivity contribution in [2.75, 3.05) is 6.54 Å². The minimum absolute atomic E-state index is 0. The summed E-state index contributed by atoms with van der Waals surface area (Å²) in [5, 5.41) is 14.4. The van der Waals surface area contributed by atoms with Crippen LogP contribution in [0, 0.1) is 0 Å². The van der Waals surface area contributed by atoms with Gasteiger partial charge in [0.05, 0.1) is 0 Å². The molecule has 2 heterocycles. The minimum atomic E-state index is 0. The van der Waals surface area contributed by atoms with E-state index in [9.17, 15) is 5.11 Å². The van der Waals surface area contributed by atoms with Gasteiger partial charge in [0.15, 0.2) is 0 Å². The number of aromatic hydroxyl groups is 1. The first-order valence-electron chi connectivity index (χ1n) is 7.40. The molecule has 0 saturated heterocycles. The predicted octanol–water partition coefficient (Wildman–Crippen LogP) is 3.46. The molecular weight excluding hydrogens is 296 g/mol. The first kappa shape index (κ1) is 14.9. The van der Waals surface area contributed by atoms with Crippen LogP contribution in [-0.4, -0.2) is 16.2 Å². The Morgan fingerprint density at radius 2 is 1.91 bits per heavy atom. The summed E-state index contributed by atoms with van der Waals surface area (Å²) in [6, 6.07) is 16.3. The maximum Gasteiger partial charge on any atom is 0.116 e. The molecule has 2 aromatic carbocycles. The quantitative estimate of drug-likeness (QED) is 0.760. The van der Waals surface area contributed by atoms with E-state index in [0.29, 0.717) is 5.75 Å². The summed E-state index contributed by atoms with van der Waals surface area (Å²) in [5.41, 5.74) is 5.26. The standard InChI is InChI=1S/C18H18N2O.ClH/c21-14-6-7-17-15(10-14)16-11-19-9-8-18(16)20(17)12-13-4-2-1-3-5-13;/h1-7,10,19,21H,8-9,11-12H2;1H. The monoisotopic (exact) mass is 314 g/mol. The molecular formula is C18H19ClN2O. The molecule has 0 amide bonds. The molecule has 1 aromatic heterocycles. The highest BCUT2D eigenvalue weighted by molar-refractivity contribution is 5.87. The van der Waals surface area contributed by atoms with E-state index in [2.05, 4.69) is 40.2 Å². The molecule has 3 nitrogen and oxygen atoms in total. The van der Waals surface area contributed by atoms with Crippen LogP contribution < -0.4 is 5.32 Å². The van der Waals surface area contributed by atoms with Crippen LogP contribution in [0.1, 0.15) is 16.8 Å². The number of nitrogens with zero attached hydrogens (tertiary/aromatic N) is 1. The second-order valence-electron chi connectivity index (χ2n) is 5.63. The van der Waals surface area contributed by atoms with Crippen LogP contribution in [-0.2, 0) is 19.5 Å². The van der Waals surface area contributed by atoms with E-state index in [4.69, 9.17) is 0 Å². The normalized spacial score (nSPS) is 13.6. The number of aromatic nitrogens is 1. The molecule has 22 heavy (non-hydrogen) atoms. The lowest BCUT2D eigenvalue weighted by Crippen LogP contribution is -2.24. The van der Waals surface area contributed by atoms with Crippen LogP contribution in [0.15, 0.2) is 48.5 Å². The lowest BCUT2D eigenvalue weighted by Gasteiger charge is -2.17. The van der Waals surface area contributed by atoms with E-state index < -0.39 is 0 Å². The van der Waals surface area contributed by atoms with E-state index in [1.807, 2.05) is 12.1 Å². The lowest BCUT2D eigenvalue weighted by molar-refractivity contribution is 0.476. The number of benzene rings is 2. The van der Waals surface area contributed by atoms with Gasteiger partial charge in [0.2, 0.25) is 0 Å². The van der Waals surface area contributed by atoms with Gasteiger partial charge in [0.25, 0.3) is 0 Å². The molecule has 0 spiro atoms. The van der Waals surface area contributed by atoms with Gasteiger partial charge in [-0.15, -0.1) is 12.4 Å². The first-order valence-corrected chi connectivity index (χ1v) is 7.40. The number of phenolic OH excluding ortho intramolecular Hbond substituents is 1. The zero-order valence-electron chi connectivity index (χ0n) is 12.2. The average Bonchev–Trinajstić information content (AvgIpc) is 2.82. The molecule has 0 unspecified atom stereocenters.